The number of hydrogen-bond donors (Lipinski definition) is 1. The summed E-state index contributed by atoms with van der Waals surface area (Å²) < 4.78 is 5.17. The first-order valence-electron chi connectivity index (χ1n) is 8.01. The summed E-state index contributed by atoms with van der Waals surface area (Å²) >= 11 is 0. The lowest BCUT2D eigenvalue weighted by molar-refractivity contribution is 0.0136. The van der Waals surface area contributed by atoms with Crippen molar-refractivity contribution in [2.75, 3.05) is 39.8 Å². The Bertz CT molecular complexity index is 534. The van der Waals surface area contributed by atoms with Gasteiger partial charge in [-0.25, -0.2) is 4.98 Å². The fourth-order valence-electron chi connectivity index (χ4n) is 2.54. The van der Waals surface area contributed by atoms with Crippen molar-refractivity contribution >= 4 is 5.91 Å². The molecule has 6 heteroatoms. The number of β-amino-alcohol motifs (C(OH)–C–C–N with tert-alkyl or cyclic N) is 1. The molecule has 1 fully saturated rings. The maximum absolute atomic E-state index is 12.6. The molecule has 0 saturated carbocycles. The summed E-state index contributed by atoms with van der Waals surface area (Å²) in [4.78, 5) is 20.7. The van der Waals surface area contributed by atoms with Gasteiger partial charge in [0, 0.05) is 38.9 Å². The van der Waals surface area contributed by atoms with Crippen molar-refractivity contribution in [2.24, 2.45) is 5.41 Å². The number of methoxy groups -OCH3 is 1. The van der Waals surface area contributed by atoms with E-state index in [0.717, 1.165) is 13.1 Å². The minimum absolute atomic E-state index is 0.0500. The molecule has 23 heavy (non-hydrogen) atoms. The molecule has 1 atom stereocenters. The van der Waals surface area contributed by atoms with Gasteiger partial charge in [-0.3, -0.25) is 9.69 Å². The highest BCUT2D eigenvalue weighted by Gasteiger charge is 2.28. The number of hydrogen-bond acceptors (Lipinski definition) is 5. The summed E-state index contributed by atoms with van der Waals surface area (Å²) in [6.45, 7) is 9.57. The van der Waals surface area contributed by atoms with Gasteiger partial charge in [0.2, 0.25) is 5.88 Å². The lowest BCUT2D eigenvalue weighted by Gasteiger charge is -2.38. The zero-order valence-corrected chi connectivity index (χ0v) is 14.5. The number of aromatic nitrogens is 1. The van der Waals surface area contributed by atoms with E-state index < -0.39 is 0 Å². The molecule has 0 bridgehead atoms. The van der Waals surface area contributed by atoms with Crippen LogP contribution in [0.15, 0.2) is 18.3 Å². The average molecular weight is 321 g/mol. The molecule has 6 nitrogen and oxygen atoms in total. The molecule has 1 N–H and O–H groups in total. The SMILES string of the molecule is COc1ncccc1C(=O)N1CCN(C[C@@H](O)C(C)(C)C)CC1. The molecule has 2 rings (SSSR count). The second kappa shape index (κ2) is 7.27. The van der Waals surface area contributed by atoms with Gasteiger partial charge in [0.1, 0.15) is 5.56 Å². The van der Waals surface area contributed by atoms with Gasteiger partial charge in [0.05, 0.1) is 13.2 Å². The van der Waals surface area contributed by atoms with E-state index in [1.54, 1.807) is 18.3 Å². The smallest absolute Gasteiger partial charge is 0.259 e. The van der Waals surface area contributed by atoms with Gasteiger partial charge >= 0.3 is 0 Å². The molecule has 0 aromatic carbocycles. The number of pyridine rings is 1. The van der Waals surface area contributed by atoms with Gasteiger partial charge in [0.15, 0.2) is 0 Å². The lowest BCUT2D eigenvalue weighted by Crippen LogP contribution is -2.51. The van der Waals surface area contributed by atoms with Crippen LogP contribution in [0.5, 0.6) is 5.88 Å². The van der Waals surface area contributed by atoms with Crippen molar-refractivity contribution in [3.05, 3.63) is 23.9 Å². The normalized spacial score (nSPS) is 17.9. The van der Waals surface area contributed by atoms with Crippen LogP contribution < -0.4 is 4.74 Å². The Kier molecular flexibility index (Phi) is 5.59. The molecule has 2 heterocycles. The van der Waals surface area contributed by atoms with Gasteiger partial charge in [-0.1, -0.05) is 20.8 Å². The van der Waals surface area contributed by atoms with Gasteiger partial charge < -0.3 is 14.7 Å². The second-order valence-corrected chi connectivity index (χ2v) is 7.03. The molecule has 1 saturated heterocycles. The van der Waals surface area contributed by atoms with Crippen molar-refractivity contribution in [3.8, 4) is 5.88 Å². The van der Waals surface area contributed by atoms with Crippen LogP contribution in [0.2, 0.25) is 0 Å². The monoisotopic (exact) mass is 321 g/mol. The van der Waals surface area contributed by atoms with Gasteiger partial charge in [0.25, 0.3) is 5.91 Å². The highest BCUT2D eigenvalue weighted by molar-refractivity contribution is 5.96. The zero-order chi connectivity index (χ0) is 17.0. The van der Waals surface area contributed by atoms with Crippen molar-refractivity contribution in [2.45, 2.75) is 26.9 Å². The minimum Gasteiger partial charge on any atom is -0.480 e. The van der Waals surface area contributed by atoms with E-state index in [2.05, 4.69) is 9.88 Å². The molecule has 128 valence electrons. The van der Waals surface area contributed by atoms with Crippen molar-refractivity contribution < 1.29 is 14.6 Å². The number of aliphatic hydroxyl groups is 1. The van der Waals surface area contributed by atoms with Gasteiger partial charge in [-0.2, -0.15) is 0 Å². The number of piperazine rings is 1. The quantitative estimate of drug-likeness (QED) is 0.904. The van der Waals surface area contributed by atoms with E-state index in [-0.39, 0.29) is 17.4 Å². The van der Waals surface area contributed by atoms with Crippen LogP contribution in [-0.4, -0.2) is 71.7 Å². The van der Waals surface area contributed by atoms with Gasteiger partial charge in [-0.15, -0.1) is 0 Å². The summed E-state index contributed by atoms with van der Waals surface area (Å²) in [6.07, 6.45) is 1.24. The fraction of sp³-hybridized carbons (Fsp3) is 0.647. The van der Waals surface area contributed by atoms with Crippen LogP contribution >= 0.6 is 0 Å². The maximum Gasteiger partial charge on any atom is 0.259 e. The molecule has 1 aliphatic heterocycles. The third-order valence-corrected chi connectivity index (χ3v) is 4.29. The Balaban J connectivity index is 1.93. The molecule has 1 aromatic heterocycles. The van der Waals surface area contributed by atoms with Crippen LogP contribution in [0, 0.1) is 5.41 Å². The summed E-state index contributed by atoms with van der Waals surface area (Å²) in [5.41, 5.74) is 0.369. The number of nitrogens with zero attached hydrogens (tertiary/aromatic N) is 3. The first-order valence-corrected chi connectivity index (χ1v) is 8.01. The highest BCUT2D eigenvalue weighted by Crippen LogP contribution is 2.21. The largest absolute Gasteiger partial charge is 0.480 e. The van der Waals surface area contributed by atoms with E-state index in [1.807, 2.05) is 25.7 Å². The molecule has 0 unspecified atom stereocenters. The molecule has 1 amide bonds. The topological polar surface area (TPSA) is 65.9 Å². The Morgan fingerprint density at radius 1 is 1.35 bits per heavy atom. The Hall–Kier alpha value is -1.66. The molecule has 1 aliphatic rings. The predicted octanol–water partition coefficient (Wildman–Crippen LogP) is 1.25. The van der Waals surface area contributed by atoms with Crippen LogP contribution in [0.4, 0.5) is 0 Å². The third-order valence-electron chi connectivity index (χ3n) is 4.29. The molecule has 0 aliphatic carbocycles. The predicted molar refractivity (Wildman–Crippen MR) is 88.6 cm³/mol. The zero-order valence-electron chi connectivity index (χ0n) is 14.5. The van der Waals surface area contributed by atoms with E-state index in [4.69, 9.17) is 4.74 Å². The molecule has 0 spiro atoms. The van der Waals surface area contributed by atoms with Crippen LogP contribution in [-0.2, 0) is 0 Å². The molecule has 1 aromatic rings. The third kappa shape index (κ3) is 4.42. The van der Waals surface area contributed by atoms with Crippen molar-refractivity contribution in [1.29, 1.82) is 0 Å². The molecule has 0 radical (unpaired) electrons. The fourth-order valence-corrected chi connectivity index (χ4v) is 2.54. The van der Waals surface area contributed by atoms with E-state index >= 15 is 0 Å². The number of rotatable bonds is 4. The Morgan fingerprint density at radius 2 is 2.00 bits per heavy atom. The summed E-state index contributed by atoms with van der Waals surface area (Å²) in [7, 11) is 1.52. The van der Waals surface area contributed by atoms with Gasteiger partial charge in [-0.05, 0) is 17.5 Å². The minimum atomic E-state index is -0.372. The lowest BCUT2D eigenvalue weighted by atomic mass is 9.89. The van der Waals surface area contributed by atoms with Crippen LogP contribution in [0.3, 0.4) is 0 Å². The number of carbonyl (C=O) groups excluding carboxylic acids is 1. The average Bonchev–Trinajstić information content (AvgIpc) is 2.54. The number of aliphatic hydroxyl groups excluding tert-OH is 1. The Morgan fingerprint density at radius 3 is 2.57 bits per heavy atom. The van der Waals surface area contributed by atoms with E-state index in [0.29, 0.717) is 31.1 Å². The molecular formula is C17H27N3O3. The number of carbonyl (C=O) groups is 1. The number of ether oxygens (including phenoxy) is 1. The Labute approximate surface area is 138 Å². The van der Waals surface area contributed by atoms with E-state index in [9.17, 15) is 9.90 Å². The number of amides is 1. The summed E-state index contributed by atoms with van der Waals surface area (Å²) in [5, 5.41) is 10.2. The first-order chi connectivity index (χ1) is 10.8. The van der Waals surface area contributed by atoms with E-state index in [1.165, 1.54) is 7.11 Å². The summed E-state index contributed by atoms with van der Waals surface area (Å²) in [6, 6.07) is 3.48. The second-order valence-electron chi connectivity index (χ2n) is 7.03. The molecular weight excluding hydrogens is 294 g/mol. The maximum atomic E-state index is 12.6. The van der Waals surface area contributed by atoms with Crippen LogP contribution in [0.1, 0.15) is 31.1 Å². The van der Waals surface area contributed by atoms with Crippen molar-refractivity contribution in [1.82, 2.24) is 14.8 Å². The first kappa shape index (κ1) is 17.7. The van der Waals surface area contributed by atoms with Crippen molar-refractivity contribution in [3.63, 3.8) is 0 Å². The summed E-state index contributed by atoms with van der Waals surface area (Å²) in [5.74, 6) is 0.314. The highest BCUT2D eigenvalue weighted by atomic mass is 16.5. The van der Waals surface area contributed by atoms with Crippen LogP contribution in [0.25, 0.3) is 0 Å². The standard InChI is InChI=1S/C17H27N3O3/c1-17(2,3)14(21)12-19-8-10-20(11-9-19)16(22)13-6-5-7-18-15(13)23-4/h5-7,14,21H,8-12H2,1-4H3/t14-/m1/s1.